The number of carbonyl (C=O) groups is 1. The number of carbonyl (C=O) groups excluding carboxylic acids is 1. The Morgan fingerprint density at radius 1 is 1.21 bits per heavy atom. The van der Waals surface area contributed by atoms with Gasteiger partial charge in [0, 0.05) is 29.7 Å². The lowest BCUT2D eigenvalue weighted by molar-refractivity contribution is -0.137. The number of benzene rings is 1. The first kappa shape index (κ1) is 21.3. The number of anilines is 1. The number of nitrogens with zero attached hydrogens (tertiary/aromatic N) is 7. The minimum atomic E-state index is -4.61. The number of aromatic nitrogens is 6. The van der Waals surface area contributed by atoms with E-state index in [0.717, 1.165) is 25.3 Å². The zero-order valence-corrected chi connectivity index (χ0v) is 17.7. The van der Waals surface area contributed by atoms with Crippen LogP contribution in [-0.2, 0) is 12.7 Å². The molecule has 3 aromatic rings. The molecular weight excluding hydrogens is 437 g/mol. The highest BCUT2D eigenvalue weighted by molar-refractivity contribution is 5.92. The third-order valence-electron chi connectivity index (χ3n) is 6.34. The molecule has 33 heavy (non-hydrogen) atoms. The second-order valence-corrected chi connectivity index (χ2v) is 8.75. The van der Waals surface area contributed by atoms with Crippen LogP contribution in [0.3, 0.4) is 0 Å². The Hall–Kier alpha value is -3.57. The van der Waals surface area contributed by atoms with Gasteiger partial charge in [-0.1, -0.05) is 12.1 Å². The van der Waals surface area contributed by atoms with Gasteiger partial charge in [0.15, 0.2) is 5.82 Å². The number of halogens is 3. The van der Waals surface area contributed by atoms with E-state index in [-0.39, 0.29) is 29.1 Å². The smallest absolute Gasteiger partial charge is 0.314 e. The van der Waals surface area contributed by atoms with Crippen LogP contribution in [0.4, 0.5) is 23.7 Å². The molecule has 6 rings (SSSR count). The molecule has 3 atom stereocenters. The summed E-state index contributed by atoms with van der Waals surface area (Å²) in [4.78, 5) is 19.0. The summed E-state index contributed by atoms with van der Waals surface area (Å²) in [6.07, 6.45) is 3.84. The van der Waals surface area contributed by atoms with Crippen molar-refractivity contribution in [1.82, 2.24) is 35.1 Å². The van der Waals surface area contributed by atoms with Gasteiger partial charge in [0.25, 0.3) is 0 Å². The van der Waals surface area contributed by atoms with Crippen LogP contribution in [-0.4, -0.2) is 52.7 Å². The SMILES string of the molecule is C[C@@H]1C[C@@H]2C[C@](Cn3ccnn3)(C1)N2C(=O)Nc1ccc(C(F)(F)F)c(-c2nccnn2)c1. The first-order valence-electron chi connectivity index (χ1n) is 10.5. The maximum atomic E-state index is 13.6. The third kappa shape index (κ3) is 3.89. The summed E-state index contributed by atoms with van der Waals surface area (Å²) in [7, 11) is 0. The van der Waals surface area contributed by atoms with E-state index in [1.165, 1.54) is 24.5 Å². The Labute approximate surface area is 187 Å². The normalized spacial score (nSPS) is 24.3. The number of hydrogen-bond donors (Lipinski definition) is 1. The molecule has 3 fully saturated rings. The number of hydrogen-bond acceptors (Lipinski definition) is 6. The fraction of sp³-hybridized carbons (Fsp3) is 0.429. The zero-order valence-electron chi connectivity index (χ0n) is 17.7. The molecule has 4 heterocycles. The van der Waals surface area contributed by atoms with Crippen molar-refractivity contribution in [3.63, 3.8) is 0 Å². The molecular formula is C21H21F3N8O. The Morgan fingerprint density at radius 3 is 2.76 bits per heavy atom. The van der Waals surface area contributed by atoms with Crippen molar-refractivity contribution in [3.8, 4) is 11.4 Å². The van der Waals surface area contributed by atoms with E-state index in [2.05, 4.69) is 37.7 Å². The minimum absolute atomic E-state index is 0.0767. The maximum Gasteiger partial charge on any atom is 0.417 e. The molecule has 0 unspecified atom stereocenters. The molecule has 12 heteroatoms. The molecule has 9 nitrogen and oxygen atoms in total. The average Bonchev–Trinajstić information content (AvgIpc) is 3.25. The molecule has 2 amide bonds. The fourth-order valence-corrected chi connectivity index (χ4v) is 5.28. The van der Waals surface area contributed by atoms with Crippen molar-refractivity contribution in [2.24, 2.45) is 5.92 Å². The largest absolute Gasteiger partial charge is 0.417 e. The highest BCUT2D eigenvalue weighted by Crippen LogP contribution is 2.50. The van der Waals surface area contributed by atoms with E-state index in [1.807, 2.05) is 4.90 Å². The molecule has 1 N–H and O–H groups in total. The maximum absolute atomic E-state index is 13.6. The zero-order chi connectivity index (χ0) is 23.2. The summed E-state index contributed by atoms with van der Waals surface area (Å²) in [5, 5.41) is 18.0. The predicted octanol–water partition coefficient (Wildman–Crippen LogP) is 3.62. The molecule has 3 aliphatic rings. The summed E-state index contributed by atoms with van der Waals surface area (Å²) in [5.41, 5.74) is -1.32. The summed E-state index contributed by atoms with van der Waals surface area (Å²) in [6.45, 7) is 2.68. The van der Waals surface area contributed by atoms with Crippen molar-refractivity contribution in [2.45, 2.75) is 50.5 Å². The van der Waals surface area contributed by atoms with Crippen LogP contribution in [0.15, 0.2) is 43.0 Å². The van der Waals surface area contributed by atoms with Gasteiger partial charge in [-0.15, -0.1) is 10.2 Å². The van der Waals surface area contributed by atoms with Gasteiger partial charge in [-0.3, -0.25) is 4.68 Å². The molecule has 1 aromatic carbocycles. The summed E-state index contributed by atoms with van der Waals surface area (Å²) in [6, 6.07) is 3.12. The number of fused-ring (bicyclic) bond motifs is 2. The lowest BCUT2D eigenvalue weighted by Gasteiger charge is -2.63. The van der Waals surface area contributed by atoms with E-state index in [1.54, 1.807) is 17.1 Å². The Bertz CT molecular complexity index is 1150. The van der Waals surface area contributed by atoms with Crippen LogP contribution in [0.1, 0.15) is 31.7 Å². The van der Waals surface area contributed by atoms with Gasteiger partial charge < -0.3 is 10.2 Å². The highest BCUT2D eigenvalue weighted by atomic mass is 19.4. The van der Waals surface area contributed by atoms with Crippen molar-refractivity contribution in [2.75, 3.05) is 5.32 Å². The average molecular weight is 458 g/mol. The monoisotopic (exact) mass is 458 g/mol. The number of alkyl halides is 3. The highest BCUT2D eigenvalue weighted by Gasteiger charge is 2.58. The van der Waals surface area contributed by atoms with Gasteiger partial charge in [-0.25, -0.2) is 9.78 Å². The fourth-order valence-electron chi connectivity index (χ4n) is 5.28. The summed E-state index contributed by atoms with van der Waals surface area (Å²) < 4.78 is 42.4. The first-order valence-corrected chi connectivity index (χ1v) is 10.5. The first-order chi connectivity index (χ1) is 15.7. The summed E-state index contributed by atoms with van der Waals surface area (Å²) >= 11 is 0. The van der Waals surface area contributed by atoms with Crippen LogP contribution in [0.25, 0.3) is 11.4 Å². The Morgan fingerprint density at radius 2 is 2.06 bits per heavy atom. The quantitative estimate of drug-likeness (QED) is 0.641. The van der Waals surface area contributed by atoms with Crippen LogP contribution >= 0.6 is 0 Å². The number of piperidine rings is 1. The van der Waals surface area contributed by atoms with Crippen molar-refractivity contribution in [3.05, 3.63) is 48.5 Å². The third-order valence-corrected chi connectivity index (χ3v) is 6.34. The molecule has 2 aromatic heterocycles. The van der Waals surface area contributed by atoms with Crippen LogP contribution in [0, 0.1) is 5.92 Å². The second kappa shape index (κ2) is 7.78. The second-order valence-electron chi connectivity index (χ2n) is 8.75. The van der Waals surface area contributed by atoms with E-state index in [4.69, 9.17) is 0 Å². The molecule has 1 saturated carbocycles. The lowest BCUT2D eigenvalue weighted by atomic mass is 9.64. The topological polar surface area (TPSA) is 102 Å². The Kier molecular flexibility index (Phi) is 5.02. The molecule has 0 radical (unpaired) electrons. The van der Waals surface area contributed by atoms with Crippen LogP contribution in [0.5, 0.6) is 0 Å². The van der Waals surface area contributed by atoms with Crippen molar-refractivity contribution in [1.29, 1.82) is 0 Å². The van der Waals surface area contributed by atoms with Gasteiger partial charge in [0.1, 0.15) is 0 Å². The standard InChI is InChI=1S/C21H21F3N8O/c1-13-8-15-11-20(10-13,12-31-7-6-27-30-31)32(15)19(33)28-14-2-3-17(21(22,23)24)16(9-14)18-25-4-5-26-29-18/h2-7,9,13,15H,8,10-12H2,1H3,(H,28,33)/t13-,15-,20+/m1/s1. The van der Waals surface area contributed by atoms with Crippen molar-refractivity contribution < 1.29 is 18.0 Å². The molecule has 172 valence electrons. The van der Waals surface area contributed by atoms with Gasteiger partial charge >= 0.3 is 12.2 Å². The van der Waals surface area contributed by atoms with Crippen molar-refractivity contribution >= 4 is 11.7 Å². The molecule has 2 saturated heterocycles. The summed E-state index contributed by atoms with van der Waals surface area (Å²) in [5.74, 6) is 0.287. The molecule has 0 spiro atoms. The number of urea groups is 1. The van der Waals surface area contributed by atoms with E-state index in [9.17, 15) is 18.0 Å². The van der Waals surface area contributed by atoms with E-state index in [0.29, 0.717) is 12.5 Å². The number of nitrogens with one attached hydrogen (secondary N) is 1. The van der Waals surface area contributed by atoms with Crippen LogP contribution in [0.2, 0.25) is 0 Å². The van der Waals surface area contributed by atoms with Gasteiger partial charge in [0.2, 0.25) is 0 Å². The predicted molar refractivity (Wildman–Crippen MR) is 111 cm³/mol. The van der Waals surface area contributed by atoms with Crippen LogP contribution < -0.4 is 5.32 Å². The minimum Gasteiger partial charge on any atom is -0.314 e. The Balaban J connectivity index is 1.43. The molecule has 2 bridgehead atoms. The number of amides is 2. The molecule has 2 aliphatic heterocycles. The van der Waals surface area contributed by atoms with Gasteiger partial charge in [0.05, 0.1) is 30.0 Å². The van der Waals surface area contributed by atoms with Gasteiger partial charge in [-0.2, -0.15) is 18.3 Å². The van der Waals surface area contributed by atoms with E-state index >= 15 is 0 Å². The molecule has 1 aliphatic carbocycles. The van der Waals surface area contributed by atoms with E-state index < -0.39 is 17.3 Å². The van der Waals surface area contributed by atoms with Gasteiger partial charge in [-0.05, 0) is 43.4 Å². The number of rotatable bonds is 4. The lowest BCUT2D eigenvalue weighted by Crippen LogP contribution is -2.73.